The summed E-state index contributed by atoms with van der Waals surface area (Å²) in [7, 11) is 3.30. The maximum absolute atomic E-state index is 9.71. The van der Waals surface area contributed by atoms with Crippen LogP contribution in [0, 0.1) is 0 Å². The zero-order chi connectivity index (χ0) is 12.3. The van der Waals surface area contributed by atoms with Crippen molar-refractivity contribution in [3.63, 3.8) is 0 Å². The predicted molar refractivity (Wildman–Crippen MR) is 72.5 cm³/mol. The molecule has 3 atom stereocenters. The number of hydrogen-bond donors (Lipinski definition) is 2. The summed E-state index contributed by atoms with van der Waals surface area (Å²) in [5.74, 6) is 0.858. The van der Waals surface area contributed by atoms with Crippen LogP contribution in [0.2, 0.25) is 0 Å². The molecule has 0 aliphatic carbocycles. The van der Waals surface area contributed by atoms with Crippen molar-refractivity contribution in [2.45, 2.75) is 24.7 Å². The maximum Gasteiger partial charge on any atom is 0.118 e. The van der Waals surface area contributed by atoms with Gasteiger partial charge in [-0.2, -0.15) is 0 Å². The van der Waals surface area contributed by atoms with E-state index in [1.165, 1.54) is 5.56 Å². The fourth-order valence-electron chi connectivity index (χ4n) is 2.30. The Morgan fingerprint density at radius 2 is 1.94 bits per heavy atom. The Kier molecular flexibility index (Phi) is 5.88. The van der Waals surface area contributed by atoms with Gasteiger partial charge in [-0.25, -0.2) is 0 Å². The average Bonchev–Trinajstić information content (AvgIpc) is 2.71. The Morgan fingerprint density at radius 3 is 2.50 bits per heavy atom. The topological polar surface area (TPSA) is 50.7 Å². The van der Waals surface area contributed by atoms with Crippen LogP contribution in [0.3, 0.4) is 0 Å². The van der Waals surface area contributed by atoms with Gasteiger partial charge >= 0.3 is 0 Å². The first kappa shape index (κ1) is 15.2. The highest BCUT2D eigenvalue weighted by atomic mass is 35.5. The van der Waals surface area contributed by atoms with Crippen LogP contribution in [0.15, 0.2) is 24.3 Å². The van der Waals surface area contributed by atoms with E-state index >= 15 is 0 Å². The number of β-amino-alcohol motifs (C(OH)–C–C–N with tert-alkyl or cyclic N) is 1. The van der Waals surface area contributed by atoms with Crippen molar-refractivity contribution in [3.05, 3.63) is 29.8 Å². The van der Waals surface area contributed by atoms with Gasteiger partial charge in [-0.3, -0.25) is 0 Å². The Balaban J connectivity index is 0.00000162. The van der Waals surface area contributed by atoms with E-state index in [2.05, 4.69) is 5.32 Å². The van der Waals surface area contributed by atoms with Gasteiger partial charge in [0.15, 0.2) is 0 Å². The molecule has 0 bridgehead atoms. The van der Waals surface area contributed by atoms with E-state index < -0.39 is 6.10 Å². The van der Waals surface area contributed by atoms with Gasteiger partial charge in [-0.05, 0) is 24.1 Å². The van der Waals surface area contributed by atoms with Gasteiger partial charge in [0.25, 0.3) is 0 Å². The third-order valence-corrected chi connectivity index (χ3v) is 3.25. The summed E-state index contributed by atoms with van der Waals surface area (Å²) in [6, 6.07) is 8.14. The van der Waals surface area contributed by atoms with Gasteiger partial charge in [0, 0.05) is 19.7 Å². The molecule has 1 heterocycles. The molecule has 0 aromatic heterocycles. The molecule has 18 heavy (non-hydrogen) atoms. The molecule has 2 rings (SSSR count). The van der Waals surface area contributed by atoms with Gasteiger partial charge in [0.2, 0.25) is 0 Å². The second kappa shape index (κ2) is 6.95. The number of ether oxygens (including phenoxy) is 2. The molecular formula is C13H20ClNO3. The Bertz CT molecular complexity index is 358. The SMILES string of the molecule is COc1ccc(CC2NCC(O)C2OC)cc1.Cl. The standard InChI is InChI=1S/C13H19NO3.ClH/c1-16-10-5-3-9(4-6-10)7-11-13(17-2)12(15)8-14-11;/h3-6,11-15H,7-8H2,1-2H3;1H. The molecule has 2 N–H and O–H groups in total. The molecule has 3 unspecified atom stereocenters. The number of aliphatic hydroxyl groups excluding tert-OH is 1. The monoisotopic (exact) mass is 273 g/mol. The first-order chi connectivity index (χ1) is 8.24. The normalized spacial score (nSPS) is 26.7. The zero-order valence-electron chi connectivity index (χ0n) is 10.6. The van der Waals surface area contributed by atoms with Crippen LogP contribution in [-0.4, -0.2) is 44.1 Å². The highest BCUT2D eigenvalue weighted by Crippen LogP contribution is 2.18. The van der Waals surface area contributed by atoms with E-state index in [0.29, 0.717) is 6.54 Å². The molecule has 102 valence electrons. The molecule has 0 amide bonds. The van der Waals surface area contributed by atoms with E-state index in [1.54, 1.807) is 14.2 Å². The van der Waals surface area contributed by atoms with Gasteiger partial charge < -0.3 is 19.9 Å². The lowest BCUT2D eigenvalue weighted by atomic mass is 10.0. The number of nitrogens with one attached hydrogen (secondary N) is 1. The van der Waals surface area contributed by atoms with Crippen molar-refractivity contribution in [2.75, 3.05) is 20.8 Å². The van der Waals surface area contributed by atoms with Crippen molar-refractivity contribution >= 4 is 12.4 Å². The number of methoxy groups -OCH3 is 2. The van der Waals surface area contributed by atoms with Crippen molar-refractivity contribution in [2.24, 2.45) is 0 Å². The molecule has 1 aromatic carbocycles. The smallest absolute Gasteiger partial charge is 0.118 e. The van der Waals surface area contributed by atoms with Crippen LogP contribution in [0.25, 0.3) is 0 Å². The van der Waals surface area contributed by atoms with Crippen LogP contribution in [-0.2, 0) is 11.2 Å². The number of halogens is 1. The molecule has 0 radical (unpaired) electrons. The lowest BCUT2D eigenvalue weighted by Crippen LogP contribution is -2.36. The van der Waals surface area contributed by atoms with E-state index in [9.17, 15) is 5.11 Å². The largest absolute Gasteiger partial charge is 0.497 e. The summed E-state index contributed by atoms with van der Waals surface area (Å²) in [6.45, 7) is 0.597. The fourth-order valence-corrected chi connectivity index (χ4v) is 2.30. The summed E-state index contributed by atoms with van der Waals surface area (Å²) in [5, 5.41) is 13.0. The molecule has 1 aromatic rings. The summed E-state index contributed by atoms with van der Waals surface area (Å²) >= 11 is 0. The van der Waals surface area contributed by atoms with Gasteiger partial charge in [-0.15, -0.1) is 12.4 Å². The minimum atomic E-state index is -0.414. The Labute approximate surface area is 114 Å². The Morgan fingerprint density at radius 1 is 1.28 bits per heavy atom. The molecule has 1 saturated heterocycles. The number of rotatable bonds is 4. The maximum atomic E-state index is 9.71. The van der Waals surface area contributed by atoms with Crippen molar-refractivity contribution in [3.8, 4) is 5.75 Å². The van der Waals surface area contributed by atoms with Crippen LogP contribution < -0.4 is 10.1 Å². The second-order valence-corrected chi connectivity index (χ2v) is 4.33. The first-order valence-corrected chi connectivity index (χ1v) is 5.81. The van der Waals surface area contributed by atoms with Gasteiger partial charge in [-0.1, -0.05) is 12.1 Å². The number of aliphatic hydroxyl groups is 1. The highest BCUT2D eigenvalue weighted by molar-refractivity contribution is 5.85. The molecule has 4 nitrogen and oxygen atoms in total. The van der Waals surface area contributed by atoms with E-state index in [0.717, 1.165) is 12.2 Å². The third kappa shape index (κ3) is 3.36. The quantitative estimate of drug-likeness (QED) is 0.860. The van der Waals surface area contributed by atoms with Crippen LogP contribution in [0.1, 0.15) is 5.56 Å². The van der Waals surface area contributed by atoms with Crippen LogP contribution in [0.4, 0.5) is 0 Å². The summed E-state index contributed by atoms with van der Waals surface area (Å²) < 4.78 is 10.4. The predicted octanol–water partition coefficient (Wildman–Crippen LogP) is 1.01. The average molecular weight is 274 g/mol. The minimum absolute atomic E-state index is 0. The van der Waals surface area contributed by atoms with E-state index in [4.69, 9.17) is 9.47 Å². The summed E-state index contributed by atoms with van der Waals surface area (Å²) in [4.78, 5) is 0. The zero-order valence-corrected chi connectivity index (χ0v) is 11.4. The molecule has 1 aliphatic rings. The highest BCUT2D eigenvalue weighted by Gasteiger charge is 2.34. The molecule has 5 heteroatoms. The lowest BCUT2D eigenvalue weighted by molar-refractivity contribution is 0.00556. The first-order valence-electron chi connectivity index (χ1n) is 5.81. The van der Waals surface area contributed by atoms with Crippen LogP contribution in [0.5, 0.6) is 5.75 Å². The minimum Gasteiger partial charge on any atom is -0.497 e. The summed E-state index contributed by atoms with van der Waals surface area (Å²) in [5.41, 5.74) is 1.21. The molecule has 1 aliphatic heterocycles. The van der Waals surface area contributed by atoms with E-state index in [1.807, 2.05) is 24.3 Å². The molecule has 0 spiro atoms. The van der Waals surface area contributed by atoms with Crippen LogP contribution >= 0.6 is 12.4 Å². The molecule has 1 fully saturated rings. The lowest BCUT2D eigenvalue weighted by Gasteiger charge is -2.20. The Hall–Kier alpha value is -0.810. The third-order valence-electron chi connectivity index (χ3n) is 3.25. The van der Waals surface area contributed by atoms with Crippen molar-refractivity contribution in [1.29, 1.82) is 0 Å². The number of benzene rings is 1. The second-order valence-electron chi connectivity index (χ2n) is 4.33. The molecule has 0 saturated carbocycles. The number of hydrogen-bond acceptors (Lipinski definition) is 4. The van der Waals surface area contributed by atoms with Crippen molar-refractivity contribution < 1.29 is 14.6 Å². The molecular weight excluding hydrogens is 254 g/mol. The van der Waals surface area contributed by atoms with E-state index in [-0.39, 0.29) is 24.6 Å². The van der Waals surface area contributed by atoms with Crippen molar-refractivity contribution in [1.82, 2.24) is 5.32 Å². The fraction of sp³-hybridized carbons (Fsp3) is 0.538. The summed E-state index contributed by atoms with van der Waals surface area (Å²) in [6.07, 6.45) is 0.305. The van der Waals surface area contributed by atoms with Gasteiger partial charge in [0.1, 0.15) is 5.75 Å². The van der Waals surface area contributed by atoms with Gasteiger partial charge in [0.05, 0.1) is 19.3 Å².